The van der Waals surface area contributed by atoms with Crippen LogP contribution in [0, 0.1) is 5.92 Å². The van der Waals surface area contributed by atoms with Gasteiger partial charge in [0.2, 0.25) is 11.8 Å². The van der Waals surface area contributed by atoms with Gasteiger partial charge >= 0.3 is 0 Å². The van der Waals surface area contributed by atoms with Gasteiger partial charge in [-0.2, -0.15) is 0 Å². The Labute approximate surface area is 164 Å². The normalized spacial score (nSPS) is 18.4. The SMILES string of the molecule is O=C(CCC(=O)N1CCC(C(=O)N2CCOCC2)CC1)c1ccc(Cl)cc1. The Morgan fingerprint density at radius 1 is 0.926 bits per heavy atom. The maximum atomic E-state index is 12.5. The lowest BCUT2D eigenvalue weighted by Gasteiger charge is -2.35. The molecule has 0 aliphatic carbocycles. The van der Waals surface area contributed by atoms with Crippen molar-refractivity contribution in [2.45, 2.75) is 25.7 Å². The fourth-order valence-corrected chi connectivity index (χ4v) is 3.70. The molecule has 7 heteroatoms. The number of likely N-dealkylation sites (tertiary alicyclic amines) is 1. The first-order valence-electron chi connectivity index (χ1n) is 9.47. The maximum absolute atomic E-state index is 12.5. The summed E-state index contributed by atoms with van der Waals surface area (Å²) in [7, 11) is 0. The molecule has 0 aromatic heterocycles. The van der Waals surface area contributed by atoms with Crippen LogP contribution >= 0.6 is 11.6 Å². The minimum atomic E-state index is -0.0580. The number of carbonyl (C=O) groups excluding carboxylic acids is 3. The first-order chi connectivity index (χ1) is 13.0. The molecular formula is C20H25ClN2O4. The predicted octanol–water partition coefficient (Wildman–Crippen LogP) is 2.40. The third-order valence-corrected chi connectivity index (χ3v) is 5.50. The van der Waals surface area contributed by atoms with E-state index in [1.54, 1.807) is 29.2 Å². The summed E-state index contributed by atoms with van der Waals surface area (Å²) in [5.41, 5.74) is 0.571. The van der Waals surface area contributed by atoms with Crippen LogP contribution in [0.25, 0.3) is 0 Å². The number of amides is 2. The number of morpholine rings is 1. The first-order valence-corrected chi connectivity index (χ1v) is 9.85. The van der Waals surface area contributed by atoms with E-state index in [1.165, 1.54) is 0 Å². The van der Waals surface area contributed by atoms with E-state index in [-0.39, 0.29) is 36.4 Å². The molecule has 0 spiro atoms. The molecule has 2 saturated heterocycles. The summed E-state index contributed by atoms with van der Waals surface area (Å²) < 4.78 is 5.29. The zero-order chi connectivity index (χ0) is 19.2. The van der Waals surface area contributed by atoms with Crippen LogP contribution in [0.1, 0.15) is 36.0 Å². The molecule has 2 fully saturated rings. The van der Waals surface area contributed by atoms with Gasteiger partial charge in [-0.1, -0.05) is 11.6 Å². The number of carbonyl (C=O) groups is 3. The molecule has 3 rings (SSSR count). The van der Waals surface area contributed by atoms with Crippen LogP contribution in [-0.2, 0) is 14.3 Å². The van der Waals surface area contributed by atoms with Crippen molar-refractivity contribution in [2.24, 2.45) is 5.92 Å². The van der Waals surface area contributed by atoms with E-state index in [0.29, 0.717) is 62.8 Å². The van der Waals surface area contributed by atoms with Gasteiger partial charge in [-0.25, -0.2) is 0 Å². The Kier molecular flexibility index (Phi) is 6.85. The Morgan fingerprint density at radius 2 is 1.56 bits per heavy atom. The minimum Gasteiger partial charge on any atom is -0.378 e. The van der Waals surface area contributed by atoms with Gasteiger partial charge in [0.1, 0.15) is 0 Å². The molecule has 0 unspecified atom stereocenters. The second kappa shape index (κ2) is 9.33. The fourth-order valence-electron chi connectivity index (χ4n) is 3.58. The second-order valence-corrected chi connectivity index (χ2v) is 7.46. The zero-order valence-corrected chi connectivity index (χ0v) is 16.1. The second-order valence-electron chi connectivity index (χ2n) is 7.02. The standard InChI is InChI=1S/C20H25ClN2O4/c21-17-3-1-15(2-4-17)18(24)5-6-19(25)22-9-7-16(8-10-22)20(26)23-11-13-27-14-12-23/h1-4,16H,5-14H2. The van der Waals surface area contributed by atoms with Crippen molar-refractivity contribution < 1.29 is 19.1 Å². The average molecular weight is 393 g/mol. The summed E-state index contributed by atoms with van der Waals surface area (Å²) in [4.78, 5) is 40.8. The monoisotopic (exact) mass is 392 g/mol. The largest absolute Gasteiger partial charge is 0.378 e. The quantitative estimate of drug-likeness (QED) is 0.722. The molecule has 2 amide bonds. The summed E-state index contributed by atoms with van der Waals surface area (Å²) in [6, 6.07) is 6.70. The van der Waals surface area contributed by atoms with E-state index in [2.05, 4.69) is 0 Å². The summed E-state index contributed by atoms with van der Waals surface area (Å²) >= 11 is 5.82. The van der Waals surface area contributed by atoms with Crippen LogP contribution in [0.5, 0.6) is 0 Å². The average Bonchev–Trinajstić information content (AvgIpc) is 2.72. The molecule has 0 atom stereocenters. The molecule has 2 heterocycles. The molecule has 0 saturated carbocycles. The molecule has 0 N–H and O–H groups in total. The van der Waals surface area contributed by atoms with E-state index in [9.17, 15) is 14.4 Å². The molecule has 2 aliphatic heterocycles. The van der Waals surface area contributed by atoms with Crippen molar-refractivity contribution in [1.82, 2.24) is 9.80 Å². The fraction of sp³-hybridized carbons (Fsp3) is 0.550. The number of rotatable bonds is 5. The molecular weight excluding hydrogens is 368 g/mol. The van der Waals surface area contributed by atoms with Crippen molar-refractivity contribution >= 4 is 29.2 Å². The maximum Gasteiger partial charge on any atom is 0.225 e. The minimum absolute atomic E-state index is 0.0113. The lowest BCUT2D eigenvalue weighted by atomic mass is 9.94. The molecule has 146 valence electrons. The van der Waals surface area contributed by atoms with Crippen molar-refractivity contribution in [2.75, 3.05) is 39.4 Å². The van der Waals surface area contributed by atoms with Crippen LogP contribution in [-0.4, -0.2) is 66.8 Å². The molecule has 1 aromatic rings. The van der Waals surface area contributed by atoms with Crippen LogP contribution < -0.4 is 0 Å². The van der Waals surface area contributed by atoms with Crippen molar-refractivity contribution in [3.05, 3.63) is 34.9 Å². The number of halogens is 1. The summed E-state index contributed by atoms with van der Waals surface area (Å²) in [6.07, 6.45) is 1.76. The number of benzene rings is 1. The van der Waals surface area contributed by atoms with Gasteiger partial charge in [0.05, 0.1) is 13.2 Å². The van der Waals surface area contributed by atoms with Crippen molar-refractivity contribution in [3.63, 3.8) is 0 Å². The highest BCUT2D eigenvalue weighted by Crippen LogP contribution is 2.21. The Morgan fingerprint density at radius 3 is 2.19 bits per heavy atom. The number of Topliss-reactive ketones (excluding diaryl/α,β-unsaturated/α-hetero) is 1. The highest BCUT2D eigenvalue weighted by molar-refractivity contribution is 6.30. The molecule has 0 bridgehead atoms. The van der Waals surface area contributed by atoms with Gasteiger partial charge in [0.25, 0.3) is 0 Å². The van der Waals surface area contributed by atoms with Gasteiger partial charge in [0, 0.05) is 55.5 Å². The van der Waals surface area contributed by atoms with Crippen LogP contribution in [0.2, 0.25) is 5.02 Å². The first kappa shape index (κ1) is 19.8. The molecule has 0 radical (unpaired) electrons. The van der Waals surface area contributed by atoms with Gasteiger partial charge in [0.15, 0.2) is 5.78 Å². The Bertz CT molecular complexity index is 678. The number of piperidine rings is 1. The highest BCUT2D eigenvalue weighted by Gasteiger charge is 2.30. The topological polar surface area (TPSA) is 66.9 Å². The summed E-state index contributed by atoms with van der Waals surface area (Å²) in [6.45, 7) is 3.68. The molecule has 1 aromatic carbocycles. The van der Waals surface area contributed by atoms with Crippen LogP contribution in [0.4, 0.5) is 0 Å². The van der Waals surface area contributed by atoms with E-state index in [1.807, 2.05) is 4.90 Å². The number of hydrogen-bond acceptors (Lipinski definition) is 4. The predicted molar refractivity (Wildman–Crippen MR) is 102 cm³/mol. The Hall–Kier alpha value is -1.92. The third kappa shape index (κ3) is 5.30. The zero-order valence-electron chi connectivity index (χ0n) is 15.4. The third-order valence-electron chi connectivity index (χ3n) is 5.25. The van der Waals surface area contributed by atoms with Crippen LogP contribution in [0.3, 0.4) is 0 Å². The number of ether oxygens (including phenoxy) is 1. The highest BCUT2D eigenvalue weighted by atomic mass is 35.5. The van der Waals surface area contributed by atoms with E-state index in [0.717, 1.165) is 0 Å². The van der Waals surface area contributed by atoms with Gasteiger partial charge in [-0.15, -0.1) is 0 Å². The van der Waals surface area contributed by atoms with Gasteiger partial charge in [-0.3, -0.25) is 14.4 Å². The van der Waals surface area contributed by atoms with Crippen LogP contribution in [0.15, 0.2) is 24.3 Å². The Balaban J connectivity index is 1.42. The molecule has 27 heavy (non-hydrogen) atoms. The van der Waals surface area contributed by atoms with E-state index >= 15 is 0 Å². The van der Waals surface area contributed by atoms with Gasteiger partial charge in [-0.05, 0) is 37.1 Å². The summed E-state index contributed by atoms with van der Waals surface area (Å²) in [5.74, 6) is 0.0955. The van der Waals surface area contributed by atoms with E-state index < -0.39 is 0 Å². The smallest absolute Gasteiger partial charge is 0.225 e. The van der Waals surface area contributed by atoms with Gasteiger partial charge < -0.3 is 14.5 Å². The number of ketones is 1. The molecule has 2 aliphatic rings. The van der Waals surface area contributed by atoms with Crippen molar-refractivity contribution in [1.29, 1.82) is 0 Å². The molecule has 6 nitrogen and oxygen atoms in total. The number of hydrogen-bond donors (Lipinski definition) is 0. The lowest BCUT2D eigenvalue weighted by Crippen LogP contribution is -2.47. The number of nitrogens with zero attached hydrogens (tertiary/aromatic N) is 2. The van der Waals surface area contributed by atoms with Crippen molar-refractivity contribution in [3.8, 4) is 0 Å². The lowest BCUT2D eigenvalue weighted by molar-refractivity contribution is -0.143. The van der Waals surface area contributed by atoms with E-state index in [4.69, 9.17) is 16.3 Å². The summed E-state index contributed by atoms with van der Waals surface area (Å²) in [5, 5.41) is 0.581.